The van der Waals surface area contributed by atoms with E-state index in [4.69, 9.17) is 0 Å². The summed E-state index contributed by atoms with van der Waals surface area (Å²) in [5.41, 5.74) is 2.86. The van der Waals surface area contributed by atoms with E-state index in [0.717, 1.165) is 24.0 Å². The van der Waals surface area contributed by atoms with Gasteiger partial charge in [0.05, 0.1) is 5.56 Å². The molecule has 0 unspecified atom stereocenters. The number of ether oxygens (including phenoxy) is 1. The first-order valence-electron chi connectivity index (χ1n) is 8.92. The fraction of sp³-hybridized carbons (Fsp3) is 0.273. The Hall–Kier alpha value is -2.88. The van der Waals surface area contributed by atoms with Crippen LogP contribution in [-0.4, -0.2) is 6.36 Å². The summed E-state index contributed by atoms with van der Waals surface area (Å²) in [5.74, 6) is -0.337. The van der Waals surface area contributed by atoms with Crippen molar-refractivity contribution in [1.82, 2.24) is 0 Å². The Bertz CT molecular complexity index is 1000. The van der Waals surface area contributed by atoms with Crippen LogP contribution in [0.2, 0.25) is 0 Å². The van der Waals surface area contributed by atoms with Gasteiger partial charge in [0.1, 0.15) is 5.82 Å². The van der Waals surface area contributed by atoms with Crippen LogP contribution in [0.4, 0.5) is 26.3 Å². The molecule has 1 nitrogen and oxygen atoms in total. The largest absolute Gasteiger partial charge is 0.573 e. The Morgan fingerprint density at radius 1 is 0.931 bits per heavy atom. The Kier molecular flexibility index (Phi) is 5.92. The third-order valence-corrected chi connectivity index (χ3v) is 4.45. The van der Waals surface area contributed by atoms with Crippen molar-refractivity contribution < 1.29 is 31.1 Å². The van der Waals surface area contributed by atoms with Gasteiger partial charge in [0.25, 0.3) is 0 Å². The molecule has 3 rings (SSSR count). The molecule has 0 aromatic heterocycles. The number of alkyl halides is 3. The van der Waals surface area contributed by atoms with Gasteiger partial charge >= 0.3 is 6.36 Å². The molecule has 29 heavy (non-hydrogen) atoms. The lowest BCUT2D eigenvalue weighted by Crippen LogP contribution is -2.19. The van der Waals surface area contributed by atoms with Crippen LogP contribution in [0.1, 0.15) is 42.0 Å². The van der Waals surface area contributed by atoms with Crippen molar-refractivity contribution >= 4 is 0 Å². The number of halogens is 6. The summed E-state index contributed by atoms with van der Waals surface area (Å²) in [5, 5.41) is 0. The van der Waals surface area contributed by atoms with Gasteiger partial charge in [-0.2, -0.15) is 0 Å². The molecule has 0 amide bonds. The second kappa shape index (κ2) is 8.24. The standard InChI is InChI=1S/C22H16F6O/c1-2-3-13-4-6-15-11-16(18(23)12-17(15)8-13)7-5-14-9-19(24)21(20(25)10-14)29-22(26,27)28/h4,9-12H,2-3,6,8H2,1H3. The van der Waals surface area contributed by atoms with Crippen LogP contribution < -0.4 is 4.74 Å². The topological polar surface area (TPSA) is 9.23 Å². The van der Waals surface area contributed by atoms with E-state index in [1.54, 1.807) is 6.07 Å². The molecule has 0 saturated carbocycles. The summed E-state index contributed by atoms with van der Waals surface area (Å²) in [6.07, 6.45) is 0.149. The van der Waals surface area contributed by atoms with E-state index in [-0.39, 0.29) is 11.1 Å². The minimum absolute atomic E-state index is 0.0486. The van der Waals surface area contributed by atoms with Crippen molar-refractivity contribution in [3.8, 4) is 17.6 Å². The number of fused-ring (bicyclic) bond motifs is 1. The highest BCUT2D eigenvalue weighted by Crippen LogP contribution is 2.29. The van der Waals surface area contributed by atoms with Crippen molar-refractivity contribution in [2.75, 3.05) is 0 Å². The maximum absolute atomic E-state index is 14.4. The maximum atomic E-state index is 14.4. The Morgan fingerprint density at radius 3 is 2.24 bits per heavy atom. The van der Waals surface area contributed by atoms with Gasteiger partial charge in [0.2, 0.25) is 5.75 Å². The van der Waals surface area contributed by atoms with Gasteiger partial charge < -0.3 is 4.74 Å². The molecule has 152 valence electrons. The zero-order chi connectivity index (χ0) is 21.2. The van der Waals surface area contributed by atoms with Gasteiger partial charge in [-0.05, 0) is 54.7 Å². The molecule has 0 radical (unpaired) electrons. The molecular formula is C22H16F6O. The van der Waals surface area contributed by atoms with Crippen LogP contribution in [0.15, 0.2) is 35.9 Å². The van der Waals surface area contributed by atoms with Gasteiger partial charge in [-0.15, -0.1) is 13.2 Å². The molecule has 0 heterocycles. The highest BCUT2D eigenvalue weighted by molar-refractivity contribution is 5.49. The highest BCUT2D eigenvalue weighted by Gasteiger charge is 2.34. The van der Waals surface area contributed by atoms with Crippen molar-refractivity contribution in [3.05, 3.63) is 75.6 Å². The average molecular weight is 410 g/mol. The predicted molar refractivity (Wildman–Crippen MR) is 95.8 cm³/mol. The van der Waals surface area contributed by atoms with Crippen LogP contribution in [-0.2, 0) is 12.8 Å². The van der Waals surface area contributed by atoms with Gasteiger partial charge in [0, 0.05) is 5.56 Å². The van der Waals surface area contributed by atoms with E-state index in [0.29, 0.717) is 25.0 Å². The molecule has 0 saturated heterocycles. The summed E-state index contributed by atoms with van der Waals surface area (Å²) >= 11 is 0. The van der Waals surface area contributed by atoms with Gasteiger partial charge in [-0.3, -0.25) is 0 Å². The molecule has 1 aliphatic rings. The van der Waals surface area contributed by atoms with Crippen LogP contribution in [0.5, 0.6) is 5.75 Å². The number of rotatable bonds is 3. The van der Waals surface area contributed by atoms with E-state index in [2.05, 4.69) is 29.6 Å². The van der Waals surface area contributed by atoms with E-state index in [1.165, 1.54) is 11.6 Å². The first kappa shape index (κ1) is 20.8. The summed E-state index contributed by atoms with van der Waals surface area (Å²) < 4.78 is 81.8. The molecule has 2 aromatic rings. The number of hydrogen-bond acceptors (Lipinski definition) is 1. The van der Waals surface area contributed by atoms with E-state index >= 15 is 0 Å². The zero-order valence-electron chi connectivity index (χ0n) is 15.4. The predicted octanol–water partition coefficient (Wildman–Crippen LogP) is 6.23. The fourth-order valence-electron chi connectivity index (χ4n) is 3.18. The van der Waals surface area contributed by atoms with Gasteiger partial charge in [-0.1, -0.05) is 36.8 Å². The van der Waals surface area contributed by atoms with Crippen LogP contribution in [0, 0.1) is 29.3 Å². The van der Waals surface area contributed by atoms with Crippen molar-refractivity contribution in [3.63, 3.8) is 0 Å². The second-order valence-electron chi connectivity index (χ2n) is 6.66. The zero-order valence-corrected chi connectivity index (χ0v) is 15.4. The minimum atomic E-state index is -5.23. The second-order valence-corrected chi connectivity index (χ2v) is 6.66. The molecule has 0 aliphatic heterocycles. The molecular weight excluding hydrogens is 394 g/mol. The van der Waals surface area contributed by atoms with E-state index < -0.39 is 29.6 Å². The molecule has 0 fully saturated rings. The smallest absolute Gasteiger partial charge is 0.399 e. The van der Waals surface area contributed by atoms with Gasteiger partial charge in [-0.25, -0.2) is 13.2 Å². The number of benzene rings is 2. The fourth-order valence-corrected chi connectivity index (χ4v) is 3.18. The summed E-state index contributed by atoms with van der Waals surface area (Å²) in [6.45, 7) is 2.07. The van der Waals surface area contributed by atoms with Crippen LogP contribution >= 0.6 is 0 Å². The Morgan fingerprint density at radius 2 is 1.62 bits per heavy atom. The van der Waals surface area contributed by atoms with Crippen LogP contribution in [0.3, 0.4) is 0 Å². The molecule has 0 spiro atoms. The summed E-state index contributed by atoms with van der Waals surface area (Å²) in [6, 6.07) is 4.20. The van der Waals surface area contributed by atoms with E-state index in [1.807, 2.05) is 0 Å². The Labute approximate surface area is 164 Å². The number of hydrogen-bond donors (Lipinski definition) is 0. The first-order chi connectivity index (χ1) is 13.7. The average Bonchev–Trinajstić information content (AvgIpc) is 2.62. The maximum Gasteiger partial charge on any atom is 0.573 e. The molecule has 1 aliphatic carbocycles. The summed E-state index contributed by atoms with van der Waals surface area (Å²) in [4.78, 5) is 0. The quantitative estimate of drug-likeness (QED) is 0.331. The van der Waals surface area contributed by atoms with Crippen molar-refractivity contribution in [2.24, 2.45) is 0 Å². The number of allylic oxidation sites excluding steroid dienone is 2. The van der Waals surface area contributed by atoms with Crippen LogP contribution in [0.25, 0.3) is 0 Å². The lowest BCUT2D eigenvalue weighted by atomic mass is 9.88. The monoisotopic (exact) mass is 410 g/mol. The third kappa shape index (κ3) is 5.14. The Balaban J connectivity index is 1.87. The first-order valence-corrected chi connectivity index (χ1v) is 8.92. The molecule has 0 atom stereocenters. The minimum Gasteiger partial charge on any atom is -0.399 e. The molecule has 0 N–H and O–H groups in total. The van der Waals surface area contributed by atoms with Gasteiger partial charge in [0.15, 0.2) is 11.6 Å². The summed E-state index contributed by atoms with van der Waals surface area (Å²) in [7, 11) is 0. The molecule has 2 aromatic carbocycles. The third-order valence-electron chi connectivity index (χ3n) is 4.45. The lowest BCUT2D eigenvalue weighted by molar-refractivity contribution is -0.276. The lowest BCUT2D eigenvalue weighted by Gasteiger charge is -2.17. The highest BCUT2D eigenvalue weighted by atomic mass is 19.4. The molecule has 0 bridgehead atoms. The van der Waals surface area contributed by atoms with E-state index in [9.17, 15) is 26.3 Å². The normalized spacial score (nSPS) is 13.3. The SMILES string of the molecule is CCCC1=CCc2cc(C#Cc3cc(F)c(OC(F)(F)F)c(F)c3)c(F)cc2C1. The van der Waals surface area contributed by atoms with Crippen molar-refractivity contribution in [1.29, 1.82) is 0 Å². The molecule has 7 heteroatoms. The van der Waals surface area contributed by atoms with Crippen molar-refractivity contribution in [2.45, 2.75) is 39.0 Å².